The van der Waals surface area contributed by atoms with Gasteiger partial charge in [-0.25, -0.2) is 0 Å². The Balaban J connectivity index is 1.92. The number of amides is 1. The van der Waals surface area contributed by atoms with Crippen LogP contribution in [0.25, 0.3) is 11.1 Å². The summed E-state index contributed by atoms with van der Waals surface area (Å²) in [5.41, 5.74) is 6.70. The van der Waals surface area contributed by atoms with Crippen LogP contribution < -0.4 is 11.1 Å². The second kappa shape index (κ2) is 6.54. The average molecular weight is 375 g/mol. The molecular formula is C18H15ClN2O3S. The summed E-state index contributed by atoms with van der Waals surface area (Å²) in [5, 5.41) is 2.80. The normalized spacial score (nSPS) is 19.9. The maximum Gasteiger partial charge on any atom is 0.252 e. The van der Waals surface area contributed by atoms with Gasteiger partial charge < -0.3 is 11.1 Å². The van der Waals surface area contributed by atoms with E-state index in [2.05, 4.69) is 5.32 Å². The van der Waals surface area contributed by atoms with Gasteiger partial charge in [0.25, 0.3) is 5.91 Å². The minimum atomic E-state index is -1.49. The number of halogens is 1. The zero-order chi connectivity index (χ0) is 18.2. The van der Waals surface area contributed by atoms with Crippen molar-refractivity contribution >= 4 is 45.9 Å². The van der Waals surface area contributed by atoms with E-state index in [-0.39, 0.29) is 22.2 Å². The Labute approximate surface area is 153 Å². The molecule has 3 N–H and O–H groups in total. The van der Waals surface area contributed by atoms with Gasteiger partial charge in [0.05, 0.1) is 5.75 Å². The van der Waals surface area contributed by atoms with Crippen molar-refractivity contribution in [3.63, 3.8) is 0 Å². The molecule has 1 fully saturated rings. The molecule has 2 aromatic rings. The van der Waals surface area contributed by atoms with E-state index >= 15 is 0 Å². The zero-order valence-corrected chi connectivity index (χ0v) is 14.9. The van der Waals surface area contributed by atoms with Crippen molar-refractivity contribution in [2.45, 2.75) is 12.5 Å². The Morgan fingerprint density at radius 2 is 1.84 bits per heavy atom. The molecule has 0 aliphatic carbocycles. The number of nitrogen functional groups attached to an aromatic ring is 1. The first-order valence-electron chi connectivity index (χ1n) is 7.49. The molecule has 0 radical (unpaired) electrons. The first-order valence-corrected chi connectivity index (χ1v) is 8.85. The summed E-state index contributed by atoms with van der Waals surface area (Å²) >= 11 is 6.81. The number of nitrogens with two attached hydrogens (primary N) is 1. The molecule has 128 valence electrons. The molecular weight excluding hydrogens is 360 g/mol. The van der Waals surface area contributed by atoms with Crippen LogP contribution in [-0.4, -0.2) is 28.1 Å². The summed E-state index contributed by atoms with van der Waals surface area (Å²) in [6.07, 6.45) is 0. The van der Waals surface area contributed by atoms with Gasteiger partial charge in [0.15, 0.2) is 11.3 Å². The summed E-state index contributed by atoms with van der Waals surface area (Å²) in [6, 6.07) is 12.0. The van der Waals surface area contributed by atoms with E-state index in [4.69, 9.17) is 17.3 Å². The summed E-state index contributed by atoms with van der Waals surface area (Å²) < 4.78 is 0. The molecule has 0 aromatic heterocycles. The Morgan fingerprint density at radius 3 is 2.44 bits per heavy atom. The van der Waals surface area contributed by atoms with Gasteiger partial charge in [0.2, 0.25) is 5.12 Å². The van der Waals surface area contributed by atoms with Crippen LogP contribution in [0.1, 0.15) is 17.3 Å². The summed E-state index contributed by atoms with van der Waals surface area (Å²) in [6.45, 7) is 1.43. The molecule has 0 saturated carbocycles. The lowest BCUT2D eigenvalue weighted by Gasteiger charge is -2.21. The van der Waals surface area contributed by atoms with E-state index in [0.29, 0.717) is 10.7 Å². The topological polar surface area (TPSA) is 89.3 Å². The monoisotopic (exact) mass is 374 g/mol. The lowest BCUT2D eigenvalue weighted by Crippen LogP contribution is -2.54. The minimum Gasteiger partial charge on any atom is -0.399 e. The smallest absolute Gasteiger partial charge is 0.252 e. The quantitative estimate of drug-likeness (QED) is 0.637. The second-order valence-electron chi connectivity index (χ2n) is 5.93. The number of ketones is 1. The van der Waals surface area contributed by atoms with Crippen LogP contribution in [0, 0.1) is 0 Å². The van der Waals surface area contributed by atoms with Gasteiger partial charge in [0, 0.05) is 16.3 Å². The fourth-order valence-corrected chi connectivity index (χ4v) is 3.68. The number of rotatable bonds is 3. The summed E-state index contributed by atoms with van der Waals surface area (Å²) in [4.78, 5) is 36.5. The third kappa shape index (κ3) is 3.41. The number of thioether (sulfide) groups is 1. The molecule has 1 amide bonds. The molecule has 25 heavy (non-hydrogen) atoms. The van der Waals surface area contributed by atoms with Crippen LogP contribution in [0.4, 0.5) is 5.69 Å². The molecule has 1 heterocycles. The summed E-state index contributed by atoms with van der Waals surface area (Å²) in [5.74, 6) is -0.755. The highest BCUT2D eigenvalue weighted by Crippen LogP contribution is 2.28. The third-order valence-corrected chi connectivity index (χ3v) is 5.39. The van der Waals surface area contributed by atoms with Crippen LogP contribution in [-0.2, 0) is 9.59 Å². The van der Waals surface area contributed by atoms with Crippen molar-refractivity contribution in [3.8, 4) is 11.1 Å². The molecule has 1 unspecified atom stereocenters. The highest BCUT2D eigenvalue weighted by molar-refractivity contribution is 8.15. The van der Waals surface area contributed by atoms with Crippen LogP contribution in [0.5, 0.6) is 0 Å². The first-order chi connectivity index (χ1) is 11.8. The van der Waals surface area contributed by atoms with Crippen molar-refractivity contribution < 1.29 is 14.4 Å². The van der Waals surface area contributed by atoms with Crippen molar-refractivity contribution in [1.82, 2.24) is 5.32 Å². The number of Topliss-reactive ketones (excluding diaryl/α,β-unsaturated/α-hetero) is 1. The van der Waals surface area contributed by atoms with E-state index in [1.165, 1.54) is 13.0 Å². The number of hydrogen-bond acceptors (Lipinski definition) is 5. The van der Waals surface area contributed by atoms with Crippen molar-refractivity contribution in [1.29, 1.82) is 0 Å². The SMILES string of the molecule is CC1(NC(=O)c2cc(N)cc(-c3ccc(Cl)cc3)c2)C(=O)CSC1=O. The van der Waals surface area contributed by atoms with E-state index in [0.717, 1.165) is 22.9 Å². The maximum absolute atomic E-state index is 12.6. The zero-order valence-electron chi connectivity index (χ0n) is 13.3. The molecule has 1 saturated heterocycles. The fraction of sp³-hybridized carbons (Fsp3) is 0.167. The number of anilines is 1. The molecule has 0 bridgehead atoms. The third-order valence-electron chi connectivity index (χ3n) is 4.06. The lowest BCUT2D eigenvalue weighted by molar-refractivity contribution is -0.127. The number of nitrogens with one attached hydrogen (secondary N) is 1. The maximum atomic E-state index is 12.6. The van der Waals surface area contributed by atoms with Gasteiger partial charge in [0.1, 0.15) is 0 Å². The molecule has 1 aliphatic heterocycles. The largest absolute Gasteiger partial charge is 0.399 e. The van der Waals surface area contributed by atoms with Gasteiger partial charge >= 0.3 is 0 Å². The molecule has 3 rings (SSSR count). The molecule has 2 aromatic carbocycles. The van der Waals surface area contributed by atoms with Gasteiger partial charge in [-0.05, 0) is 48.4 Å². The average Bonchev–Trinajstić information content (AvgIpc) is 2.82. The van der Waals surface area contributed by atoms with Crippen LogP contribution >= 0.6 is 23.4 Å². The predicted octanol–water partition coefficient (Wildman–Crippen LogP) is 2.92. The highest BCUT2D eigenvalue weighted by atomic mass is 35.5. The van der Waals surface area contributed by atoms with Gasteiger partial charge in [-0.2, -0.15) is 0 Å². The number of hydrogen-bond donors (Lipinski definition) is 2. The van der Waals surface area contributed by atoms with Crippen molar-refractivity contribution in [2.24, 2.45) is 0 Å². The molecule has 1 atom stereocenters. The molecule has 5 nitrogen and oxygen atoms in total. The van der Waals surface area contributed by atoms with E-state index in [9.17, 15) is 14.4 Å². The number of benzene rings is 2. The molecule has 0 spiro atoms. The second-order valence-corrected chi connectivity index (χ2v) is 7.31. The van der Waals surface area contributed by atoms with Crippen LogP contribution in [0.15, 0.2) is 42.5 Å². The van der Waals surface area contributed by atoms with Gasteiger partial charge in [-0.1, -0.05) is 35.5 Å². The van der Waals surface area contributed by atoms with Crippen molar-refractivity contribution in [2.75, 3.05) is 11.5 Å². The fourth-order valence-electron chi connectivity index (χ4n) is 2.55. The Bertz CT molecular complexity index is 864. The lowest BCUT2D eigenvalue weighted by atomic mass is 9.97. The standard InChI is InChI=1S/C18H15ClN2O3S/c1-18(15(22)9-25-17(18)24)21-16(23)12-6-11(7-14(20)8-12)10-2-4-13(19)5-3-10/h2-8H,9,20H2,1H3,(H,21,23). The van der Waals surface area contributed by atoms with E-state index in [1.807, 2.05) is 12.1 Å². The first kappa shape index (κ1) is 17.5. The number of carbonyl (C=O) groups is 3. The van der Waals surface area contributed by atoms with Gasteiger partial charge in [-0.3, -0.25) is 14.4 Å². The Morgan fingerprint density at radius 1 is 1.16 bits per heavy atom. The predicted molar refractivity (Wildman–Crippen MR) is 99.6 cm³/mol. The number of carbonyl (C=O) groups excluding carboxylic acids is 3. The van der Waals surface area contributed by atoms with Crippen LogP contribution in [0.2, 0.25) is 5.02 Å². The Hall–Kier alpha value is -2.31. The van der Waals surface area contributed by atoms with Crippen LogP contribution in [0.3, 0.4) is 0 Å². The molecule has 7 heteroatoms. The van der Waals surface area contributed by atoms with Gasteiger partial charge in [-0.15, -0.1) is 0 Å². The molecule has 1 aliphatic rings. The van der Waals surface area contributed by atoms with E-state index in [1.54, 1.807) is 24.3 Å². The van der Waals surface area contributed by atoms with E-state index < -0.39 is 11.4 Å². The Kier molecular flexibility index (Phi) is 4.58. The highest BCUT2D eigenvalue weighted by Gasteiger charge is 2.47. The van der Waals surface area contributed by atoms with Crippen molar-refractivity contribution in [3.05, 3.63) is 53.1 Å². The minimum absolute atomic E-state index is 0.0720. The summed E-state index contributed by atoms with van der Waals surface area (Å²) in [7, 11) is 0.